The quantitative estimate of drug-likeness (QED) is 0.538. The predicted octanol–water partition coefficient (Wildman–Crippen LogP) is 5.16. The zero-order valence-corrected chi connectivity index (χ0v) is 20.7. The Bertz CT molecular complexity index is 1060. The Morgan fingerprint density at radius 1 is 0.882 bits per heavy atom. The second kappa shape index (κ2) is 10.4. The average Bonchev–Trinajstić information content (AvgIpc) is 2.84. The van der Waals surface area contributed by atoms with Gasteiger partial charge in [-0.25, -0.2) is 5.01 Å². The first kappa shape index (κ1) is 24.0. The van der Waals surface area contributed by atoms with Gasteiger partial charge in [0.1, 0.15) is 6.04 Å². The topological polar surface area (TPSA) is 47.6 Å². The van der Waals surface area contributed by atoms with E-state index in [9.17, 15) is 4.79 Å². The van der Waals surface area contributed by atoms with E-state index >= 15 is 0 Å². The smallest absolute Gasteiger partial charge is 0.261 e. The Hall–Kier alpha value is -3.15. The second-order valence-electron chi connectivity index (χ2n) is 10.2. The van der Waals surface area contributed by atoms with Gasteiger partial charge >= 0.3 is 0 Å². The highest BCUT2D eigenvalue weighted by molar-refractivity contribution is 5.85. The van der Waals surface area contributed by atoms with Gasteiger partial charge in [0.25, 0.3) is 5.91 Å². The molecule has 4 rings (SSSR count). The van der Waals surface area contributed by atoms with Gasteiger partial charge in [0.15, 0.2) is 0 Å². The van der Waals surface area contributed by atoms with Crippen molar-refractivity contribution in [2.45, 2.75) is 38.3 Å². The van der Waals surface area contributed by atoms with Gasteiger partial charge in [-0.2, -0.15) is 0 Å². The molecule has 0 aromatic heterocycles. The molecule has 2 atom stereocenters. The Kier molecular flexibility index (Phi) is 7.35. The summed E-state index contributed by atoms with van der Waals surface area (Å²) in [6, 6.07) is 28.3. The summed E-state index contributed by atoms with van der Waals surface area (Å²) in [4.78, 5) is 16.0. The van der Waals surface area contributed by atoms with Crippen LogP contribution in [0.1, 0.15) is 49.5 Å². The van der Waals surface area contributed by atoms with Crippen LogP contribution in [0.15, 0.2) is 84.9 Å². The number of hydrogen-bond acceptors (Lipinski definition) is 4. The van der Waals surface area contributed by atoms with Crippen LogP contribution in [0.2, 0.25) is 0 Å². The Morgan fingerprint density at radius 2 is 1.50 bits per heavy atom. The van der Waals surface area contributed by atoms with E-state index < -0.39 is 6.04 Å². The molecule has 0 saturated carbocycles. The first-order chi connectivity index (χ1) is 16.3. The van der Waals surface area contributed by atoms with E-state index in [-0.39, 0.29) is 17.4 Å². The summed E-state index contributed by atoms with van der Waals surface area (Å²) >= 11 is 0. The summed E-state index contributed by atoms with van der Waals surface area (Å²) in [6.07, 6.45) is 0. The standard InChI is InChI=1S/C29H36N4O/c1-29(2,3)24-17-15-23(16-18-24)27(30-25-13-9-6-10-14-25)28(34)31-33-20-19-32(4)21-26(33)22-11-7-5-8-12-22/h5-18,26-27,30H,19-21H2,1-4H3,(H,31,34)/t26-,27-/m0/s1. The first-order valence-electron chi connectivity index (χ1n) is 12.0. The number of nitrogens with one attached hydrogen (secondary N) is 2. The molecule has 178 valence electrons. The van der Waals surface area contributed by atoms with Gasteiger partial charge in [0, 0.05) is 25.3 Å². The molecule has 1 aliphatic heterocycles. The van der Waals surface area contributed by atoms with E-state index in [1.165, 1.54) is 11.1 Å². The van der Waals surface area contributed by atoms with Gasteiger partial charge in [0.05, 0.1) is 6.04 Å². The van der Waals surface area contributed by atoms with Crippen molar-refractivity contribution in [1.82, 2.24) is 15.3 Å². The summed E-state index contributed by atoms with van der Waals surface area (Å²) in [6.45, 7) is 9.13. The molecule has 34 heavy (non-hydrogen) atoms. The number of rotatable bonds is 6. The normalized spacial score (nSPS) is 18.3. The monoisotopic (exact) mass is 456 g/mol. The highest BCUT2D eigenvalue weighted by atomic mass is 16.2. The van der Waals surface area contributed by atoms with E-state index in [2.05, 4.69) is 97.0 Å². The third-order valence-corrected chi connectivity index (χ3v) is 6.48. The van der Waals surface area contributed by atoms with Crippen LogP contribution < -0.4 is 10.7 Å². The summed E-state index contributed by atoms with van der Waals surface area (Å²) in [7, 11) is 2.13. The van der Waals surface area contributed by atoms with Crippen molar-refractivity contribution in [2.75, 3.05) is 32.0 Å². The fourth-order valence-corrected chi connectivity index (χ4v) is 4.40. The van der Waals surface area contributed by atoms with Gasteiger partial charge in [-0.3, -0.25) is 10.2 Å². The van der Waals surface area contributed by atoms with Crippen LogP contribution in [0.5, 0.6) is 0 Å². The fourth-order valence-electron chi connectivity index (χ4n) is 4.40. The molecule has 1 aliphatic rings. The molecule has 3 aromatic carbocycles. The maximum Gasteiger partial charge on any atom is 0.261 e. The number of nitrogens with zero attached hydrogens (tertiary/aromatic N) is 2. The van der Waals surface area contributed by atoms with Crippen molar-refractivity contribution in [2.24, 2.45) is 0 Å². The molecule has 1 heterocycles. The van der Waals surface area contributed by atoms with Gasteiger partial charge in [-0.1, -0.05) is 93.6 Å². The highest BCUT2D eigenvalue weighted by Crippen LogP contribution is 2.27. The summed E-state index contributed by atoms with van der Waals surface area (Å²) in [5.41, 5.74) is 7.63. The lowest BCUT2D eigenvalue weighted by Gasteiger charge is -2.40. The summed E-state index contributed by atoms with van der Waals surface area (Å²) in [5.74, 6) is -0.0576. The first-order valence-corrected chi connectivity index (χ1v) is 12.0. The minimum Gasteiger partial charge on any atom is -0.370 e. The zero-order chi connectivity index (χ0) is 24.1. The molecule has 0 aliphatic carbocycles. The van der Waals surface area contributed by atoms with E-state index in [1.54, 1.807) is 0 Å². The number of amides is 1. The van der Waals surface area contributed by atoms with Crippen LogP contribution in [-0.2, 0) is 10.2 Å². The maximum absolute atomic E-state index is 13.7. The molecular formula is C29H36N4O. The second-order valence-corrected chi connectivity index (χ2v) is 10.2. The van der Waals surface area contributed by atoms with Crippen LogP contribution in [0.3, 0.4) is 0 Å². The predicted molar refractivity (Wildman–Crippen MR) is 139 cm³/mol. The summed E-state index contributed by atoms with van der Waals surface area (Å²) < 4.78 is 0. The SMILES string of the molecule is CN1CCN(NC(=O)[C@@H](Nc2ccccc2)c2ccc(C(C)(C)C)cc2)[C@H](c2ccccc2)C1. The largest absolute Gasteiger partial charge is 0.370 e. The number of para-hydroxylation sites is 1. The molecule has 1 amide bonds. The molecule has 1 saturated heterocycles. The van der Waals surface area contributed by atoms with Crippen LogP contribution in [0.4, 0.5) is 5.69 Å². The molecule has 0 bridgehead atoms. The molecule has 2 N–H and O–H groups in total. The molecule has 3 aromatic rings. The van der Waals surface area contributed by atoms with Crippen molar-refractivity contribution < 1.29 is 4.79 Å². The third kappa shape index (κ3) is 5.85. The number of benzene rings is 3. The number of carbonyl (C=O) groups excluding carboxylic acids is 1. The van der Waals surface area contributed by atoms with Crippen molar-refractivity contribution in [3.63, 3.8) is 0 Å². The fraction of sp³-hybridized carbons (Fsp3) is 0.345. The minimum atomic E-state index is -0.507. The Balaban J connectivity index is 1.59. The molecule has 0 spiro atoms. The Labute approximate surface area is 203 Å². The van der Waals surface area contributed by atoms with Crippen LogP contribution in [-0.4, -0.2) is 42.5 Å². The highest BCUT2D eigenvalue weighted by Gasteiger charge is 2.30. The number of hydrogen-bond donors (Lipinski definition) is 2. The Morgan fingerprint density at radius 3 is 2.12 bits per heavy atom. The third-order valence-electron chi connectivity index (χ3n) is 6.48. The van der Waals surface area contributed by atoms with Crippen LogP contribution in [0.25, 0.3) is 0 Å². The van der Waals surface area contributed by atoms with Crippen molar-refractivity contribution in [3.8, 4) is 0 Å². The van der Waals surface area contributed by atoms with Gasteiger partial charge in [-0.05, 0) is 41.3 Å². The van der Waals surface area contributed by atoms with E-state index in [4.69, 9.17) is 0 Å². The lowest BCUT2D eigenvalue weighted by Crippen LogP contribution is -2.55. The van der Waals surface area contributed by atoms with Gasteiger partial charge in [-0.15, -0.1) is 0 Å². The number of likely N-dealkylation sites (N-methyl/N-ethyl adjacent to an activating group) is 1. The van der Waals surface area contributed by atoms with Crippen LogP contribution in [0, 0.1) is 0 Å². The number of anilines is 1. The van der Waals surface area contributed by atoms with Crippen molar-refractivity contribution >= 4 is 11.6 Å². The lowest BCUT2D eigenvalue weighted by atomic mass is 9.86. The van der Waals surface area contributed by atoms with Gasteiger partial charge in [0.2, 0.25) is 0 Å². The van der Waals surface area contributed by atoms with E-state index in [1.807, 2.05) is 36.4 Å². The van der Waals surface area contributed by atoms with Crippen LogP contribution >= 0.6 is 0 Å². The van der Waals surface area contributed by atoms with Crippen molar-refractivity contribution in [1.29, 1.82) is 0 Å². The lowest BCUT2D eigenvalue weighted by molar-refractivity contribution is -0.129. The molecular weight excluding hydrogens is 420 g/mol. The molecule has 1 fully saturated rings. The molecule has 0 radical (unpaired) electrons. The van der Waals surface area contributed by atoms with Gasteiger partial charge < -0.3 is 10.2 Å². The number of hydrazine groups is 1. The zero-order valence-electron chi connectivity index (χ0n) is 20.7. The molecule has 0 unspecified atom stereocenters. The maximum atomic E-state index is 13.7. The van der Waals surface area contributed by atoms with Crippen molar-refractivity contribution in [3.05, 3.63) is 102 Å². The number of carbonyl (C=O) groups is 1. The van der Waals surface area contributed by atoms with E-state index in [0.29, 0.717) is 0 Å². The summed E-state index contributed by atoms with van der Waals surface area (Å²) in [5, 5.41) is 5.56. The van der Waals surface area contributed by atoms with E-state index in [0.717, 1.165) is 30.9 Å². The number of piperazine rings is 1. The minimum absolute atomic E-state index is 0.0576. The molecule has 5 nitrogen and oxygen atoms in total. The molecule has 5 heteroatoms. The average molecular weight is 457 g/mol.